The standard InChI is InChI=1S/C12H19BrN2O/c1-9(13)8-15-5-3-2-4-11(15)10-6-12(16)14-7-10/h10-11H,1-8H2,(H,14,16). The van der Waals surface area contributed by atoms with Crippen molar-refractivity contribution in [2.75, 3.05) is 19.6 Å². The van der Waals surface area contributed by atoms with Gasteiger partial charge in [-0.2, -0.15) is 0 Å². The number of piperidine rings is 1. The Kier molecular flexibility index (Phi) is 4.03. The maximum absolute atomic E-state index is 11.3. The zero-order valence-corrected chi connectivity index (χ0v) is 11.1. The van der Waals surface area contributed by atoms with E-state index in [1.165, 1.54) is 19.3 Å². The van der Waals surface area contributed by atoms with E-state index in [9.17, 15) is 4.79 Å². The van der Waals surface area contributed by atoms with Gasteiger partial charge in [-0.1, -0.05) is 28.9 Å². The van der Waals surface area contributed by atoms with E-state index in [1.54, 1.807) is 0 Å². The molecule has 0 aromatic rings. The lowest BCUT2D eigenvalue weighted by Gasteiger charge is -2.38. The number of amides is 1. The highest BCUT2D eigenvalue weighted by Crippen LogP contribution is 2.28. The molecule has 2 aliphatic heterocycles. The fourth-order valence-electron chi connectivity index (χ4n) is 2.87. The smallest absolute Gasteiger partial charge is 0.220 e. The Bertz CT molecular complexity index is 293. The molecule has 1 N–H and O–H groups in total. The predicted octanol–water partition coefficient (Wildman–Crippen LogP) is 1.89. The molecule has 0 radical (unpaired) electrons. The van der Waals surface area contributed by atoms with Gasteiger partial charge in [0.15, 0.2) is 0 Å². The fraction of sp³-hybridized carbons (Fsp3) is 0.750. The van der Waals surface area contributed by atoms with E-state index in [0.29, 0.717) is 18.4 Å². The van der Waals surface area contributed by atoms with Gasteiger partial charge in [-0.3, -0.25) is 9.69 Å². The molecule has 0 aliphatic carbocycles. The number of carbonyl (C=O) groups is 1. The first-order valence-corrected chi connectivity index (χ1v) is 6.80. The van der Waals surface area contributed by atoms with Crippen LogP contribution >= 0.6 is 15.9 Å². The lowest BCUT2D eigenvalue weighted by molar-refractivity contribution is -0.119. The molecular formula is C12H19BrN2O. The first kappa shape index (κ1) is 12.1. The van der Waals surface area contributed by atoms with Crippen molar-refractivity contribution in [2.24, 2.45) is 5.92 Å². The summed E-state index contributed by atoms with van der Waals surface area (Å²) in [6.45, 7) is 6.82. The first-order valence-electron chi connectivity index (χ1n) is 6.01. The summed E-state index contributed by atoms with van der Waals surface area (Å²) < 4.78 is 1.04. The molecule has 0 bridgehead atoms. The number of likely N-dealkylation sites (tertiary alicyclic amines) is 1. The fourth-order valence-corrected chi connectivity index (χ4v) is 3.19. The number of hydrogen-bond donors (Lipinski definition) is 1. The molecule has 2 aliphatic rings. The van der Waals surface area contributed by atoms with E-state index in [-0.39, 0.29) is 5.91 Å². The molecule has 2 rings (SSSR count). The summed E-state index contributed by atoms with van der Waals surface area (Å²) in [5, 5.41) is 2.94. The predicted molar refractivity (Wildman–Crippen MR) is 68.4 cm³/mol. The van der Waals surface area contributed by atoms with Gasteiger partial charge in [0.1, 0.15) is 0 Å². The minimum absolute atomic E-state index is 0.216. The molecule has 1 amide bonds. The van der Waals surface area contributed by atoms with Gasteiger partial charge >= 0.3 is 0 Å². The van der Waals surface area contributed by atoms with Crippen LogP contribution in [0.15, 0.2) is 11.1 Å². The Morgan fingerprint density at radius 3 is 3.00 bits per heavy atom. The second kappa shape index (κ2) is 5.32. The number of nitrogens with zero attached hydrogens (tertiary/aromatic N) is 1. The number of carbonyl (C=O) groups excluding carboxylic acids is 1. The molecule has 2 heterocycles. The van der Waals surface area contributed by atoms with Crippen LogP contribution < -0.4 is 5.32 Å². The maximum atomic E-state index is 11.3. The zero-order chi connectivity index (χ0) is 11.5. The third-order valence-electron chi connectivity index (χ3n) is 3.59. The largest absolute Gasteiger partial charge is 0.356 e. The van der Waals surface area contributed by atoms with Crippen LogP contribution in [0.1, 0.15) is 25.7 Å². The van der Waals surface area contributed by atoms with Gasteiger partial charge in [-0.05, 0) is 19.4 Å². The van der Waals surface area contributed by atoms with Crippen LogP contribution in [0.3, 0.4) is 0 Å². The number of hydrogen-bond acceptors (Lipinski definition) is 2. The molecule has 16 heavy (non-hydrogen) atoms. The summed E-state index contributed by atoms with van der Waals surface area (Å²) >= 11 is 3.44. The molecule has 0 spiro atoms. The lowest BCUT2D eigenvalue weighted by Crippen LogP contribution is -2.45. The molecule has 2 atom stereocenters. The van der Waals surface area contributed by atoms with Crippen LogP contribution in [0.25, 0.3) is 0 Å². The minimum atomic E-state index is 0.216. The summed E-state index contributed by atoms with van der Waals surface area (Å²) in [7, 11) is 0. The van der Waals surface area contributed by atoms with E-state index in [1.807, 2.05) is 0 Å². The van der Waals surface area contributed by atoms with Gasteiger partial charge in [0, 0.05) is 36.0 Å². The highest BCUT2D eigenvalue weighted by molar-refractivity contribution is 9.11. The van der Waals surface area contributed by atoms with E-state index < -0.39 is 0 Å². The number of rotatable bonds is 3. The second-order valence-corrected chi connectivity index (χ2v) is 5.94. The SMILES string of the molecule is C=C(Br)CN1CCCCC1C1CNC(=O)C1. The molecule has 0 aromatic carbocycles. The van der Waals surface area contributed by atoms with Gasteiger partial charge < -0.3 is 5.32 Å². The van der Waals surface area contributed by atoms with Gasteiger partial charge in [-0.15, -0.1) is 0 Å². The Balaban J connectivity index is 1.98. The summed E-state index contributed by atoms with van der Waals surface area (Å²) in [5.41, 5.74) is 0. The Labute approximate surface area is 105 Å². The molecular weight excluding hydrogens is 268 g/mol. The van der Waals surface area contributed by atoms with Crippen LogP contribution in [0.4, 0.5) is 0 Å². The maximum Gasteiger partial charge on any atom is 0.220 e. The third-order valence-corrected chi connectivity index (χ3v) is 3.84. The van der Waals surface area contributed by atoms with Crippen LogP contribution in [0.5, 0.6) is 0 Å². The normalized spacial score (nSPS) is 31.4. The Morgan fingerprint density at radius 1 is 1.56 bits per heavy atom. The lowest BCUT2D eigenvalue weighted by atomic mass is 9.89. The van der Waals surface area contributed by atoms with Crippen LogP contribution in [0.2, 0.25) is 0 Å². The van der Waals surface area contributed by atoms with Gasteiger partial charge in [0.25, 0.3) is 0 Å². The topological polar surface area (TPSA) is 32.3 Å². The molecule has 2 saturated heterocycles. The van der Waals surface area contributed by atoms with E-state index in [2.05, 4.69) is 32.7 Å². The van der Waals surface area contributed by atoms with Crippen molar-refractivity contribution in [3.63, 3.8) is 0 Å². The zero-order valence-electron chi connectivity index (χ0n) is 9.54. The first-order chi connectivity index (χ1) is 7.66. The third kappa shape index (κ3) is 2.86. The molecule has 2 fully saturated rings. The van der Waals surface area contributed by atoms with Crippen LogP contribution in [-0.4, -0.2) is 36.5 Å². The molecule has 2 unspecified atom stereocenters. The van der Waals surface area contributed by atoms with Crippen LogP contribution in [0, 0.1) is 5.92 Å². The summed E-state index contributed by atoms with van der Waals surface area (Å²) in [6.07, 6.45) is 4.49. The summed E-state index contributed by atoms with van der Waals surface area (Å²) in [6, 6.07) is 0.557. The van der Waals surface area contributed by atoms with Gasteiger partial charge in [0.2, 0.25) is 5.91 Å². The minimum Gasteiger partial charge on any atom is -0.356 e. The second-order valence-electron chi connectivity index (χ2n) is 4.82. The van der Waals surface area contributed by atoms with Crippen molar-refractivity contribution in [1.29, 1.82) is 0 Å². The van der Waals surface area contributed by atoms with Gasteiger partial charge in [0.05, 0.1) is 0 Å². The molecule has 0 saturated carbocycles. The van der Waals surface area contributed by atoms with Gasteiger partial charge in [-0.25, -0.2) is 0 Å². The van der Waals surface area contributed by atoms with Crippen molar-refractivity contribution < 1.29 is 4.79 Å². The molecule has 3 nitrogen and oxygen atoms in total. The number of nitrogens with one attached hydrogen (secondary N) is 1. The summed E-state index contributed by atoms with van der Waals surface area (Å²) in [5.74, 6) is 0.716. The Hall–Kier alpha value is -0.350. The quantitative estimate of drug-likeness (QED) is 0.859. The highest BCUT2D eigenvalue weighted by Gasteiger charge is 2.34. The van der Waals surface area contributed by atoms with Crippen LogP contribution in [-0.2, 0) is 4.79 Å². The highest BCUT2D eigenvalue weighted by atomic mass is 79.9. The molecule has 0 aromatic heterocycles. The molecule has 4 heteroatoms. The van der Waals surface area contributed by atoms with E-state index in [4.69, 9.17) is 0 Å². The van der Waals surface area contributed by atoms with Crippen molar-refractivity contribution in [1.82, 2.24) is 10.2 Å². The summed E-state index contributed by atoms with van der Waals surface area (Å²) in [4.78, 5) is 13.7. The molecule has 90 valence electrons. The van der Waals surface area contributed by atoms with E-state index in [0.717, 1.165) is 24.1 Å². The van der Waals surface area contributed by atoms with E-state index >= 15 is 0 Å². The van der Waals surface area contributed by atoms with Crippen molar-refractivity contribution >= 4 is 21.8 Å². The average Bonchev–Trinajstić information content (AvgIpc) is 2.65. The van der Waals surface area contributed by atoms with Crippen molar-refractivity contribution in [3.8, 4) is 0 Å². The van der Waals surface area contributed by atoms with Crippen molar-refractivity contribution in [2.45, 2.75) is 31.7 Å². The average molecular weight is 287 g/mol. The Morgan fingerprint density at radius 2 is 2.38 bits per heavy atom. The van der Waals surface area contributed by atoms with Crippen molar-refractivity contribution in [3.05, 3.63) is 11.1 Å². The monoisotopic (exact) mass is 286 g/mol. The number of halogens is 1.